The summed E-state index contributed by atoms with van der Waals surface area (Å²) in [6.45, 7) is 1.99. The standard InChI is InChI=1S/C20H16F3N/c1-15-7-11-18(12-8-15)24(17-5-3-2-4-6-17)19-13-9-16(10-14-19)20(21,22)23/h2-14H,1H3. The third kappa shape index (κ3) is 3.43. The molecule has 4 heteroatoms. The van der Waals surface area contributed by atoms with Crippen LogP contribution < -0.4 is 4.90 Å². The number of alkyl halides is 3. The number of halogens is 3. The van der Waals surface area contributed by atoms with Crippen molar-refractivity contribution in [3.63, 3.8) is 0 Å². The van der Waals surface area contributed by atoms with E-state index in [9.17, 15) is 13.2 Å². The second kappa shape index (κ2) is 6.40. The molecule has 0 heterocycles. The van der Waals surface area contributed by atoms with Gasteiger partial charge >= 0.3 is 6.18 Å². The Balaban J connectivity index is 2.06. The van der Waals surface area contributed by atoms with Crippen LogP contribution in [0.3, 0.4) is 0 Å². The van der Waals surface area contributed by atoms with E-state index < -0.39 is 11.7 Å². The maximum Gasteiger partial charge on any atom is 0.416 e. The minimum Gasteiger partial charge on any atom is -0.311 e. The minimum absolute atomic E-state index is 0.650. The van der Waals surface area contributed by atoms with E-state index in [1.54, 1.807) is 0 Å². The molecule has 0 fully saturated rings. The first-order valence-electron chi connectivity index (χ1n) is 7.54. The average Bonchev–Trinajstić information content (AvgIpc) is 2.58. The Labute approximate surface area is 139 Å². The molecule has 3 aromatic carbocycles. The number of rotatable bonds is 3. The van der Waals surface area contributed by atoms with Crippen LogP contribution >= 0.6 is 0 Å². The molecule has 0 saturated carbocycles. The first kappa shape index (κ1) is 16.1. The summed E-state index contributed by atoms with van der Waals surface area (Å²) in [6.07, 6.45) is -4.33. The Bertz CT molecular complexity index is 791. The monoisotopic (exact) mass is 327 g/mol. The van der Waals surface area contributed by atoms with Crippen molar-refractivity contribution in [3.8, 4) is 0 Å². The lowest BCUT2D eigenvalue weighted by Gasteiger charge is -2.25. The van der Waals surface area contributed by atoms with Gasteiger partial charge in [-0.1, -0.05) is 35.9 Å². The second-order valence-corrected chi connectivity index (χ2v) is 5.55. The second-order valence-electron chi connectivity index (χ2n) is 5.55. The number of hydrogen-bond donors (Lipinski definition) is 0. The molecule has 3 rings (SSSR count). The van der Waals surface area contributed by atoms with Crippen LogP contribution in [-0.2, 0) is 6.18 Å². The van der Waals surface area contributed by atoms with E-state index in [1.165, 1.54) is 12.1 Å². The molecular formula is C20H16F3N. The fraction of sp³-hybridized carbons (Fsp3) is 0.100. The van der Waals surface area contributed by atoms with Crippen molar-refractivity contribution in [2.24, 2.45) is 0 Å². The molecule has 0 radical (unpaired) electrons. The number of para-hydroxylation sites is 1. The number of hydrogen-bond acceptors (Lipinski definition) is 1. The van der Waals surface area contributed by atoms with Gasteiger partial charge in [0.05, 0.1) is 5.56 Å². The molecule has 0 amide bonds. The van der Waals surface area contributed by atoms with Gasteiger partial charge in [0, 0.05) is 17.1 Å². The van der Waals surface area contributed by atoms with Gasteiger partial charge in [-0.2, -0.15) is 13.2 Å². The van der Waals surface area contributed by atoms with Crippen molar-refractivity contribution in [1.82, 2.24) is 0 Å². The van der Waals surface area contributed by atoms with Crippen LogP contribution in [0, 0.1) is 6.92 Å². The highest BCUT2D eigenvalue weighted by Gasteiger charge is 2.30. The summed E-state index contributed by atoms with van der Waals surface area (Å²) >= 11 is 0. The summed E-state index contributed by atoms with van der Waals surface area (Å²) in [6, 6.07) is 22.7. The topological polar surface area (TPSA) is 3.24 Å². The van der Waals surface area contributed by atoms with E-state index in [0.29, 0.717) is 5.69 Å². The normalized spacial score (nSPS) is 11.3. The van der Waals surface area contributed by atoms with Gasteiger partial charge in [0.25, 0.3) is 0 Å². The van der Waals surface area contributed by atoms with Gasteiger partial charge in [0.15, 0.2) is 0 Å². The maximum atomic E-state index is 12.8. The van der Waals surface area contributed by atoms with Crippen molar-refractivity contribution in [3.05, 3.63) is 90.0 Å². The predicted octanol–water partition coefficient (Wildman–Crippen LogP) is 6.48. The molecule has 24 heavy (non-hydrogen) atoms. The van der Waals surface area contributed by atoms with Crippen LogP contribution in [0.25, 0.3) is 0 Å². The highest BCUT2D eigenvalue weighted by atomic mass is 19.4. The van der Waals surface area contributed by atoms with Crippen molar-refractivity contribution >= 4 is 17.1 Å². The predicted molar refractivity (Wildman–Crippen MR) is 90.9 cm³/mol. The van der Waals surface area contributed by atoms with E-state index in [4.69, 9.17) is 0 Å². The highest BCUT2D eigenvalue weighted by Crippen LogP contribution is 2.36. The molecule has 3 aromatic rings. The molecule has 0 N–H and O–H groups in total. The molecule has 0 aromatic heterocycles. The van der Waals surface area contributed by atoms with Gasteiger partial charge in [-0.3, -0.25) is 0 Å². The van der Waals surface area contributed by atoms with Crippen LogP contribution in [-0.4, -0.2) is 0 Å². The Kier molecular flexibility index (Phi) is 4.30. The molecule has 122 valence electrons. The summed E-state index contributed by atoms with van der Waals surface area (Å²) in [5.41, 5.74) is 2.94. The summed E-state index contributed by atoms with van der Waals surface area (Å²) in [4.78, 5) is 1.93. The average molecular weight is 327 g/mol. The molecule has 0 unspecified atom stereocenters. The van der Waals surface area contributed by atoms with E-state index in [1.807, 2.05) is 66.4 Å². The smallest absolute Gasteiger partial charge is 0.311 e. The lowest BCUT2D eigenvalue weighted by atomic mass is 10.1. The van der Waals surface area contributed by atoms with Gasteiger partial charge in [-0.25, -0.2) is 0 Å². The molecule has 0 aliphatic heterocycles. The SMILES string of the molecule is Cc1ccc(N(c2ccccc2)c2ccc(C(F)(F)F)cc2)cc1. The van der Waals surface area contributed by atoms with E-state index in [2.05, 4.69) is 0 Å². The van der Waals surface area contributed by atoms with Crippen LogP contribution in [0.15, 0.2) is 78.9 Å². The maximum absolute atomic E-state index is 12.8. The Morgan fingerprint density at radius 3 is 1.58 bits per heavy atom. The minimum atomic E-state index is -4.33. The Morgan fingerprint density at radius 1 is 0.625 bits per heavy atom. The highest BCUT2D eigenvalue weighted by molar-refractivity contribution is 5.76. The summed E-state index contributed by atoms with van der Waals surface area (Å²) in [5.74, 6) is 0. The molecule has 0 atom stereocenters. The van der Waals surface area contributed by atoms with Gasteiger partial charge in [-0.05, 0) is 55.5 Å². The molecular weight excluding hydrogens is 311 g/mol. The molecule has 0 saturated heterocycles. The summed E-state index contributed by atoms with van der Waals surface area (Å²) in [7, 11) is 0. The summed E-state index contributed by atoms with van der Waals surface area (Å²) < 4.78 is 38.4. The number of anilines is 3. The zero-order valence-electron chi connectivity index (χ0n) is 13.1. The number of benzene rings is 3. The first-order chi connectivity index (χ1) is 11.4. The zero-order valence-corrected chi connectivity index (χ0v) is 13.1. The Hall–Kier alpha value is -2.75. The largest absolute Gasteiger partial charge is 0.416 e. The lowest BCUT2D eigenvalue weighted by molar-refractivity contribution is -0.137. The number of aryl methyl sites for hydroxylation is 1. The fourth-order valence-electron chi connectivity index (χ4n) is 2.52. The Morgan fingerprint density at radius 2 is 1.08 bits per heavy atom. The van der Waals surface area contributed by atoms with Crippen LogP contribution in [0.2, 0.25) is 0 Å². The van der Waals surface area contributed by atoms with Crippen molar-refractivity contribution < 1.29 is 13.2 Å². The molecule has 0 aliphatic rings. The molecule has 0 bridgehead atoms. The lowest BCUT2D eigenvalue weighted by Crippen LogP contribution is -2.11. The third-order valence-corrected chi connectivity index (χ3v) is 3.76. The zero-order chi connectivity index (χ0) is 17.2. The summed E-state index contributed by atoms with van der Waals surface area (Å²) in [5, 5.41) is 0. The van der Waals surface area contributed by atoms with Gasteiger partial charge in [-0.15, -0.1) is 0 Å². The van der Waals surface area contributed by atoms with Crippen LogP contribution in [0.5, 0.6) is 0 Å². The van der Waals surface area contributed by atoms with Crippen molar-refractivity contribution in [2.45, 2.75) is 13.1 Å². The number of nitrogens with zero attached hydrogens (tertiary/aromatic N) is 1. The van der Waals surface area contributed by atoms with Gasteiger partial charge < -0.3 is 4.90 Å². The third-order valence-electron chi connectivity index (χ3n) is 3.76. The first-order valence-corrected chi connectivity index (χ1v) is 7.54. The molecule has 0 aliphatic carbocycles. The molecule has 0 spiro atoms. The van der Waals surface area contributed by atoms with Gasteiger partial charge in [0.1, 0.15) is 0 Å². The van der Waals surface area contributed by atoms with Crippen molar-refractivity contribution in [1.29, 1.82) is 0 Å². The van der Waals surface area contributed by atoms with E-state index in [0.717, 1.165) is 29.1 Å². The van der Waals surface area contributed by atoms with Crippen LogP contribution in [0.4, 0.5) is 30.2 Å². The molecule has 1 nitrogen and oxygen atoms in total. The van der Waals surface area contributed by atoms with Gasteiger partial charge in [0.2, 0.25) is 0 Å². The fourth-order valence-corrected chi connectivity index (χ4v) is 2.52. The van der Waals surface area contributed by atoms with Crippen LogP contribution in [0.1, 0.15) is 11.1 Å². The van der Waals surface area contributed by atoms with E-state index in [-0.39, 0.29) is 0 Å². The van der Waals surface area contributed by atoms with Crippen molar-refractivity contribution in [2.75, 3.05) is 4.90 Å². The van der Waals surface area contributed by atoms with E-state index >= 15 is 0 Å². The quantitative estimate of drug-likeness (QED) is 0.532.